The minimum Gasteiger partial charge on any atom is -0.480 e. The monoisotopic (exact) mass is 298 g/mol. The summed E-state index contributed by atoms with van der Waals surface area (Å²) in [5, 5.41) is 15.0. The number of urea groups is 1. The average molecular weight is 298 g/mol. The molecule has 1 atom stereocenters. The highest BCUT2D eigenvalue weighted by atomic mass is 16.5. The van der Waals surface area contributed by atoms with Gasteiger partial charge in [-0.3, -0.25) is 0 Å². The summed E-state index contributed by atoms with van der Waals surface area (Å²) >= 11 is 0. The second-order valence-electron chi connectivity index (χ2n) is 6.30. The minimum atomic E-state index is -1.10. The summed E-state index contributed by atoms with van der Waals surface area (Å²) in [6, 6.07) is -0.376. The van der Waals surface area contributed by atoms with Crippen molar-refractivity contribution in [2.24, 2.45) is 11.8 Å². The molecule has 0 aromatic rings. The zero-order valence-corrected chi connectivity index (χ0v) is 12.7. The normalized spacial score (nSPS) is 32.6. The fourth-order valence-electron chi connectivity index (χ4n) is 3.21. The van der Waals surface area contributed by atoms with Crippen LogP contribution in [0.2, 0.25) is 0 Å². The van der Waals surface area contributed by atoms with Gasteiger partial charge in [0.1, 0.15) is 5.54 Å². The number of carbonyl (C=O) groups excluding carboxylic acids is 1. The van der Waals surface area contributed by atoms with Crippen LogP contribution in [0.15, 0.2) is 0 Å². The fraction of sp³-hybridized carbons (Fsp3) is 0.867. The second kappa shape index (κ2) is 7.11. The van der Waals surface area contributed by atoms with Crippen molar-refractivity contribution in [2.75, 3.05) is 19.8 Å². The van der Waals surface area contributed by atoms with E-state index in [0.717, 1.165) is 32.3 Å². The predicted molar refractivity (Wildman–Crippen MR) is 78.1 cm³/mol. The van der Waals surface area contributed by atoms with E-state index in [1.807, 2.05) is 0 Å². The molecule has 1 saturated carbocycles. The lowest BCUT2D eigenvalue weighted by Gasteiger charge is -2.37. The number of carbonyl (C=O) groups is 2. The van der Waals surface area contributed by atoms with Crippen LogP contribution in [0.25, 0.3) is 0 Å². The van der Waals surface area contributed by atoms with Gasteiger partial charge in [-0.15, -0.1) is 0 Å². The Balaban J connectivity index is 1.84. The van der Waals surface area contributed by atoms with Gasteiger partial charge in [-0.05, 0) is 38.0 Å². The molecule has 1 saturated heterocycles. The van der Waals surface area contributed by atoms with Gasteiger partial charge in [-0.2, -0.15) is 0 Å². The van der Waals surface area contributed by atoms with E-state index < -0.39 is 11.5 Å². The van der Waals surface area contributed by atoms with E-state index >= 15 is 0 Å². The van der Waals surface area contributed by atoms with Crippen LogP contribution < -0.4 is 10.6 Å². The first-order chi connectivity index (χ1) is 10.1. The molecular formula is C15H26N2O4. The predicted octanol–water partition coefficient (Wildman–Crippen LogP) is 1.75. The Hall–Kier alpha value is -1.30. The molecule has 2 rings (SSSR count). The van der Waals surface area contributed by atoms with Gasteiger partial charge in [0.25, 0.3) is 0 Å². The molecule has 0 aromatic carbocycles. The number of rotatable bonds is 5. The zero-order chi connectivity index (χ0) is 15.3. The molecular weight excluding hydrogens is 272 g/mol. The maximum Gasteiger partial charge on any atom is 0.329 e. The van der Waals surface area contributed by atoms with E-state index in [2.05, 4.69) is 17.6 Å². The van der Waals surface area contributed by atoms with E-state index in [1.54, 1.807) is 0 Å². The number of aliphatic carboxylic acids is 1. The van der Waals surface area contributed by atoms with E-state index in [-0.39, 0.29) is 6.03 Å². The van der Waals surface area contributed by atoms with Crippen molar-refractivity contribution in [3.63, 3.8) is 0 Å². The summed E-state index contributed by atoms with van der Waals surface area (Å²) in [5.41, 5.74) is -1.10. The lowest BCUT2D eigenvalue weighted by Crippen LogP contribution is -2.59. The summed E-state index contributed by atoms with van der Waals surface area (Å²) in [4.78, 5) is 23.6. The molecule has 1 aliphatic heterocycles. The molecule has 1 aliphatic carbocycles. The molecule has 1 heterocycles. The number of nitrogens with one attached hydrogen (secondary N) is 2. The van der Waals surface area contributed by atoms with Crippen molar-refractivity contribution < 1.29 is 19.4 Å². The fourth-order valence-corrected chi connectivity index (χ4v) is 3.21. The number of carboxylic acids is 1. The third-order valence-electron chi connectivity index (χ3n) is 4.87. The molecule has 0 spiro atoms. The smallest absolute Gasteiger partial charge is 0.329 e. The lowest BCUT2D eigenvalue weighted by atomic mass is 9.75. The van der Waals surface area contributed by atoms with Crippen molar-refractivity contribution in [3.8, 4) is 0 Å². The highest BCUT2D eigenvalue weighted by molar-refractivity contribution is 5.86. The highest BCUT2D eigenvalue weighted by Gasteiger charge is 2.43. The van der Waals surface area contributed by atoms with E-state index in [4.69, 9.17) is 4.74 Å². The van der Waals surface area contributed by atoms with Gasteiger partial charge in [-0.1, -0.05) is 13.3 Å². The SMILES string of the molecule is CCC1CCC(NC(=O)NCC2CCOC2)(C(=O)O)CC1. The second-order valence-corrected chi connectivity index (χ2v) is 6.30. The Kier molecular flexibility index (Phi) is 5.45. The van der Waals surface area contributed by atoms with Crippen molar-refractivity contribution in [1.82, 2.24) is 10.6 Å². The molecule has 6 heteroatoms. The number of ether oxygens (including phenoxy) is 1. The topological polar surface area (TPSA) is 87.7 Å². The van der Waals surface area contributed by atoms with Crippen molar-refractivity contribution in [2.45, 2.75) is 51.0 Å². The van der Waals surface area contributed by atoms with Crippen LogP contribution in [0.1, 0.15) is 45.4 Å². The van der Waals surface area contributed by atoms with Crippen molar-refractivity contribution in [1.29, 1.82) is 0 Å². The molecule has 120 valence electrons. The molecule has 0 radical (unpaired) electrons. The van der Waals surface area contributed by atoms with Gasteiger partial charge in [0.05, 0.1) is 6.61 Å². The van der Waals surface area contributed by atoms with Crippen LogP contribution in [-0.2, 0) is 9.53 Å². The van der Waals surface area contributed by atoms with Gasteiger partial charge >= 0.3 is 12.0 Å². The Bertz CT molecular complexity index is 372. The number of amides is 2. The molecule has 0 aromatic heterocycles. The minimum absolute atomic E-state index is 0.340. The Morgan fingerprint density at radius 2 is 1.95 bits per heavy atom. The van der Waals surface area contributed by atoms with Crippen LogP contribution in [0.5, 0.6) is 0 Å². The molecule has 2 fully saturated rings. The first kappa shape index (κ1) is 16.1. The summed E-state index contributed by atoms with van der Waals surface area (Å²) < 4.78 is 5.26. The molecule has 21 heavy (non-hydrogen) atoms. The van der Waals surface area contributed by atoms with Crippen molar-refractivity contribution in [3.05, 3.63) is 0 Å². The Morgan fingerprint density at radius 1 is 1.24 bits per heavy atom. The van der Waals surface area contributed by atoms with E-state index in [9.17, 15) is 14.7 Å². The van der Waals surface area contributed by atoms with Gasteiger partial charge in [0, 0.05) is 19.1 Å². The Labute approximate surface area is 125 Å². The van der Waals surface area contributed by atoms with Crippen molar-refractivity contribution >= 4 is 12.0 Å². The van der Waals surface area contributed by atoms with Gasteiger partial charge < -0.3 is 20.5 Å². The van der Waals surface area contributed by atoms with Gasteiger partial charge in [0.2, 0.25) is 0 Å². The van der Waals surface area contributed by atoms with Crippen LogP contribution in [0.4, 0.5) is 4.79 Å². The lowest BCUT2D eigenvalue weighted by molar-refractivity contribution is -0.146. The first-order valence-corrected chi connectivity index (χ1v) is 7.93. The Morgan fingerprint density at radius 3 is 2.48 bits per heavy atom. The maximum absolute atomic E-state index is 12.0. The molecule has 0 bridgehead atoms. The summed E-state index contributed by atoms with van der Waals surface area (Å²) in [6.07, 6.45) is 4.77. The van der Waals surface area contributed by atoms with Gasteiger partial charge in [-0.25, -0.2) is 9.59 Å². The van der Waals surface area contributed by atoms with E-state index in [1.165, 1.54) is 0 Å². The number of carboxylic acid groups (broad SMARTS) is 1. The third-order valence-corrected chi connectivity index (χ3v) is 4.87. The third kappa shape index (κ3) is 4.09. The standard InChI is InChI=1S/C15H26N2O4/c1-2-11-3-6-15(7-4-11,13(18)19)17-14(20)16-9-12-5-8-21-10-12/h11-12H,2-10H2,1H3,(H,18,19)(H2,16,17,20). The number of hydrogen-bond donors (Lipinski definition) is 3. The highest BCUT2D eigenvalue weighted by Crippen LogP contribution is 2.34. The molecule has 2 amide bonds. The van der Waals surface area contributed by atoms with Crippen LogP contribution >= 0.6 is 0 Å². The first-order valence-electron chi connectivity index (χ1n) is 7.93. The van der Waals surface area contributed by atoms with Gasteiger partial charge in [0.15, 0.2) is 0 Å². The van der Waals surface area contributed by atoms with Crippen LogP contribution in [0, 0.1) is 11.8 Å². The molecule has 6 nitrogen and oxygen atoms in total. The summed E-state index contributed by atoms with van der Waals surface area (Å²) in [7, 11) is 0. The van der Waals surface area contributed by atoms with Crippen LogP contribution in [-0.4, -0.2) is 42.4 Å². The molecule has 3 N–H and O–H groups in total. The molecule has 1 unspecified atom stereocenters. The number of hydrogen-bond acceptors (Lipinski definition) is 3. The summed E-state index contributed by atoms with van der Waals surface area (Å²) in [5.74, 6) is 0.00160. The largest absolute Gasteiger partial charge is 0.480 e. The quantitative estimate of drug-likeness (QED) is 0.721. The molecule has 2 aliphatic rings. The summed E-state index contributed by atoms with van der Waals surface area (Å²) in [6.45, 7) is 4.08. The van der Waals surface area contributed by atoms with E-state index in [0.29, 0.717) is 37.8 Å². The average Bonchev–Trinajstić information content (AvgIpc) is 2.99. The maximum atomic E-state index is 12.0. The van der Waals surface area contributed by atoms with Crippen LogP contribution in [0.3, 0.4) is 0 Å². The zero-order valence-electron chi connectivity index (χ0n) is 12.7.